The SMILES string of the molecule is O=C(NCc1sccc1-c1cccc(F)c1)OC1C[N+]2(CSc3ccccc3)CCC1CC2. The first-order valence-electron chi connectivity index (χ1n) is 11.4. The van der Waals surface area contributed by atoms with E-state index in [1.165, 1.54) is 17.0 Å². The Hall–Kier alpha value is -2.35. The van der Waals surface area contributed by atoms with Crippen molar-refractivity contribution < 1.29 is 18.4 Å². The van der Waals surface area contributed by atoms with Crippen LogP contribution in [0.3, 0.4) is 0 Å². The van der Waals surface area contributed by atoms with Gasteiger partial charge in [0.15, 0.2) is 6.10 Å². The number of piperidine rings is 3. The summed E-state index contributed by atoms with van der Waals surface area (Å²) in [6.07, 6.45) is 1.83. The van der Waals surface area contributed by atoms with Gasteiger partial charge in [0.2, 0.25) is 0 Å². The van der Waals surface area contributed by atoms with Gasteiger partial charge in [0, 0.05) is 28.5 Å². The van der Waals surface area contributed by atoms with Crippen molar-refractivity contribution in [2.24, 2.45) is 5.92 Å². The summed E-state index contributed by atoms with van der Waals surface area (Å²) < 4.78 is 20.6. The quantitative estimate of drug-likeness (QED) is 0.324. The van der Waals surface area contributed by atoms with Crippen LogP contribution in [-0.2, 0) is 11.3 Å². The summed E-state index contributed by atoms with van der Waals surface area (Å²) in [5.41, 5.74) is 1.77. The maximum atomic E-state index is 13.6. The number of hydrogen-bond acceptors (Lipinski definition) is 4. The number of fused-ring (bicyclic) bond motifs is 3. The van der Waals surface area contributed by atoms with E-state index in [-0.39, 0.29) is 18.0 Å². The second-order valence-electron chi connectivity index (χ2n) is 8.96. The Morgan fingerprint density at radius 3 is 2.73 bits per heavy atom. The molecule has 4 nitrogen and oxygen atoms in total. The predicted octanol–water partition coefficient (Wildman–Crippen LogP) is 6.14. The van der Waals surface area contributed by atoms with E-state index in [2.05, 4.69) is 29.6 Å². The molecule has 1 amide bonds. The molecule has 3 aromatic rings. The van der Waals surface area contributed by atoms with Crippen molar-refractivity contribution in [1.29, 1.82) is 0 Å². The van der Waals surface area contributed by atoms with Gasteiger partial charge in [-0.15, -0.1) is 11.3 Å². The van der Waals surface area contributed by atoms with Gasteiger partial charge in [-0.25, -0.2) is 9.18 Å². The summed E-state index contributed by atoms with van der Waals surface area (Å²) in [5, 5.41) is 4.90. The average molecular weight is 484 g/mol. The van der Waals surface area contributed by atoms with Gasteiger partial charge >= 0.3 is 6.09 Å². The van der Waals surface area contributed by atoms with E-state index in [0.29, 0.717) is 12.5 Å². The van der Waals surface area contributed by atoms with Crippen LogP contribution in [0, 0.1) is 11.7 Å². The number of amides is 1. The summed E-state index contributed by atoms with van der Waals surface area (Å²) in [6, 6.07) is 19.0. The van der Waals surface area contributed by atoms with Crippen LogP contribution >= 0.6 is 23.1 Å². The lowest BCUT2D eigenvalue weighted by Gasteiger charge is -2.51. The molecule has 0 spiro atoms. The van der Waals surface area contributed by atoms with E-state index in [4.69, 9.17) is 4.74 Å². The molecule has 3 aliphatic heterocycles. The molecule has 4 heterocycles. The highest BCUT2D eigenvalue weighted by atomic mass is 32.2. The van der Waals surface area contributed by atoms with E-state index < -0.39 is 0 Å². The van der Waals surface area contributed by atoms with Crippen molar-refractivity contribution in [3.63, 3.8) is 0 Å². The van der Waals surface area contributed by atoms with E-state index in [1.54, 1.807) is 17.4 Å². The van der Waals surface area contributed by atoms with Crippen LogP contribution in [0.1, 0.15) is 17.7 Å². The number of rotatable bonds is 7. The highest BCUT2D eigenvalue weighted by molar-refractivity contribution is 7.99. The first kappa shape index (κ1) is 22.4. The van der Waals surface area contributed by atoms with Crippen molar-refractivity contribution in [2.45, 2.75) is 30.4 Å². The number of benzene rings is 2. The largest absolute Gasteiger partial charge is 0.440 e. The molecule has 0 aliphatic carbocycles. The Kier molecular flexibility index (Phi) is 6.71. The van der Waals surface area contributed by atoms with E-state index in [9.17, 15) is 9.18 Å². The predicted molar refractivity (Wildman–Crippen MR) is 132 cm³/mol. The standard InChI is InChI=1S/C26H27FN2O2S2/c27-21-6-4-5-20(15-21)23-11-14-32-25(23)16-28-26(30)31-24-17-29(12-9-19(24)10-13-29)18-33-22-7-2-1-3-8-22/h1-8,11,14-15,19,24H,9-10,12-13,16-18H2/p+1. The molecule has 3 aliphatic rings. The van der Waals surface area contributed by atoms with Crippen molar-refractivity contribution in [3.8, 4) is 11.1 Å². The number of quaternary nitrogens is 1. The van der Waals surface area contributed by atoms with Gasteiger partial charge in [-0.2, -0.15) is 0 Å². The number of ether oxygens (including phenoxy) is 1. The van der Waals surface area contributed by atoms with E-state index >= 15 is 0 Å². The minimum atomic E-state index is -0.360. The van der Waals surface area contributed by atoms with E-state index in [1.807, 2.05) is 35.3 Å². The monoisotopic (exact) mass is 483 g/mol. The van der Waals surface area contributed by atoms with Crippen molar-refractivity contribution >= 4 is 29.2 Å². The molecule has 1 N–H and O–H groups in total. The maximum Gasteiger partial charge on any atom is 0.407 e. The zero-order chi connectivity index (χ0) is 22.7. The van der Waals surface area contributed by atoms with Crippen molar-refractivity contribution in [2.75, 3.05) is 25.5 Å². The normalized spacial score (nSPS) is 23.9. The Morgan fingerprint density at radius 2 is 1.94 bits per heavy atom. The number of alkyl carbamates (subject to hydrolysis) is 1. The van der Waals surface area contributed by atoms with Crippen LogP contribution < -0.4 is 5.32 Å². The molecule has 3 saturated heterocycles. The van der Waals surface area contributed by atoms with Gasteiger partial charge in [0.1, 0.15) is 18.2 Å². The summed E-state index contributed by atoms with van der Waals surface area (Å²) in [7, 11) is 0. The molecule has 7 heteroatoms. The minimum Gasteiger partial charge on any atom is -0.440 e. The third-order valence-electron chi connectivity index (χ3n) is 6.82. The zero-order valence-electron chi connectivity index (χ0n) is 18.4. The number of carbonyl (C=O) groups excluding carboxylic acids is 1. The first-order chi connectivity index (χ1) is 16.1. The van der Waals surface area contributed by atoms with Crippen molar-refractivity contribution in [1.82, 2.24) is 5.32 Å². The van der Waals surface area contributed by atoms with Gasteiger partial charge in [0.25, 0.3) is 0 Å². The molecule has 3 fully saturated rings. The lowest BCUT2D eigenvalue weighted by molar-refractivity contribution is -0.934. The van der Waals surface area contributed by atoms with Gasteiger partial charge in [-0.1, -0.05) is 42.1 Å². The average Bonchev–Trinajstić information content (AvgIpc) is 3.32. The Morgan fingerprint density at radius 1 is 1.12 bits per heavy atom. The Bertz CT molecular complexity index is 1100. The molecular formula is C26H28FN2O2S2+. The Balaban J connectivity index is 1.17. The van der Waals surface area contributed by atoms with Crippen LogP contribution in [0.15, 0.2) is 70.9 Å². The molecule has 1 unspecified atom stereocenters. The summed E-state index contributed by atoms with van der Waals surface area (Å²) >= 11 is 3.45. The van der Waals surface area contributed by atoms with Crippen LogP contribution in [0.5, 0.6) is 0 Å². The van der Waals surface area contributed by atoms with E-state index in [0.717, 1.165) is 58.8 Å². The summed E-state index contributed by atoms with van der Waals surface area (Å²) in [4.78, 5) is 15.0. The molecule has 33 heavy (non-hydrogen) atoms. The van der Waals surface area contributed by atoms with Crippen LogP contribution in [0.2, 0.25) is 0 Å². The second kappa shape index (κ2) is 9.87. The second-order valence-corrected chi connectivity index (χ2v) is 11.0. The van der Waals surface area contributed by atoms with Gasteiger partial charge in [-0.3, -0.25) is 0 Å². The van der Waals surface area contributed by atoms with Crippen LogP contribution in [-0.4, -0.2) is 42.2 Å². The highest BCUT2D eigenvalue weighted by Gasteiger charge is 2.47. The third-order valence-corrected chi connectivity index (χ3v) is 9.03. The number of nitrogens with one attached hydrogen (secondary N) is 1. The summed E-state index contributed by atoms with van der Waals surface area (Å²) in [6.45, 7) is 3.60. The fourth-order valence-corrected chi connectivity index (χ4v) is 6.96. The Labute approximate surface area is 202 Å². The minimum absolute atomic E-state index is 0.0325. The van der Waals surface area contributed by atoms with Crippen LogP contribution in [0.25, 0.3) is 11.1 Å². The molecule has 2 bridgehead atoms. The fraction of sp³-hybridized carbons (Fsp3) is 0.346. The molecule has 2 aromatic carbocycles. The number of thiophene rings is 1. The number of thioether (sulfide) groups is 1. The summed E-state index contributed by atoms with van der Waals surface area (Å²) in [5.74, 6) is 1.22. The molecular weight excluding hydrogens is 455 g/mol. The molecule has 1 atom stereocenters. The lowest BCUT2D eigenvalue weighted by Crippen LogP contribution is -2.64. The number of halogens is 1. The van der Waals surface area contributed by atoms with Gasteiger partial charge < -0.3 is 14.5 Å². The third kappa shape index (κ3) is 5.26. The van der Waals surface area contributed by atoms with Gasteiger partial charge in [0.05, 0.1) is 19.6 Å². The molecule has 0 radical (unpaired) electrons. The first-order valence-corrected chi connectivity index (χ1v) is 13.3. The number of nitrogens with zero attached hydrogens (tertiary/aromatic N) is 1. The van der Waals surface area contributed by atoms with Crippen molar-refractivity contribution in [3.05, 3.63) is 76.7 Å². The number of carbonyl (C=O) groups is 1. The van der Waals surface area contributed by atoms with Gasteiger partial charge in [-0.05, 0) is 46.8 Å². The highest BCUT2D eigenvalue weighted by Crippen LogP contribution is 2.38. The maximum absolute atomic E-state index is 13.6. The topological polar surface area (TPSA) is 38.3 Å². The molecule has 1 aromatic heterocycles. The molecule has 172 valence electrons. The smallest absolute Gasteiger partial charge is 0.407 e. The lowest BCUT2D eigenvalue weighted by atomic mass is 9.84. The van der Waals surface area contributed by atoms with Crippen LogP contribution in [0.4, 0.5) is 9.18 Å². The fourth-order valence-electron chi connectivity index (χ4n) is 4.99. The zero-order valence-corrected chi connectivity index (χ0v) is 20.0. The molecule has 0 saturated carbocycles. The molecule has 6 rings (SSSR count). The number of hydrogen-bond donors (Lipinski definition) is 1.